The highest BCUT2D eigenvalue weighted by Crippen LogP contribution is 2.64. The van der Waals surface area contributed by atoms with E-state index in [0.717, 1.165) is 5.56 Å². The highest BCUT2D eigenvalue weighted by atomic mass is 32.2. The quantitative estimate of drug-likeness (QED) is 0.807. The Morgan fingerprint density at radius 3 is 2.21 bits per heavy atom. The van der Waals surface area contributed by atoms with Gasteiger partial charge in [-0.25, -0.2) is 13.6 Å². The Bertz CT molecular complexity index is 751. The molecule has 1 aromatic rings. The third-order valence-corrected chi connectivity index (χ3v) is 5.69. The number of benzene rings is 1. The first-order valence-electron chi connectivity index (χ1n) is 7.89. The summed E-state index contributed by atoms with van der Waals surface area (Å²) in [6.07, 6.45) is 0. The van der Waals surface area contributed by atoms with Gasteiger partial charge in [0.15, 0.2) is 5.78 Å². The number of hydrogen-bond acceptors (Lipinski definition) is 4. The first-order chi connectivity index (χ1) is 11.0. The van der Waals surface area contributed by atoms with Crippen molar-refractivity contribution >= 4 is 21.7 Å². The van der Waals surface area contributed by atoms with E-state index >= 15 is 0 Å². The molecule has 0 heterocycles. The van der Waals surface area contributed by atoms with Crippen LogP contribution in [0.2, 0.25) is 0 Å². The molecule has 0 aliphatic heterocycles. The lowest BCUT2D eigenvalue weighted by molar-refractivity contribution is -0.127. The number of carbonyl (C=O) groups is 2. The van der Waals surface area contributed by atoms with Crippen molar-refractivity contribution in [2.75, 3.05) is 6.54 Å². The summed E-state index contributed by atoms with van der Waals surface area (Å²) in [5, 5.41) is 7.81. The summed E-state index contributed by atoms with van der Waals surface area (Å²) in [4.78, 5) is 24.1. The average molecular weight is 352 g/mol. The van der Waals surface area contributed by atoms with Crippen LogP contribution in [0.25, 0.3) is 0 Å². The molecule has 0 unspecified atom stereocenters. The average Bonchev–Trinajstić information content (AvgIpc) is 3.06. The normalized spacial score (nSPS) is 22.2. The number of nitrogens with two attached hydrogens (primary N) is 1. The third kappa shape index (κ3) is 3.67. The van der Waals surface area contributed by atoms with Crippen molar-refractivity contribution in [3.63, 3.8) is 0 Å². The van der Waals surface area contributed by atoms with Gasteiger partial charge in [-0.15, -0.1) is 0 Å². The van der Waals surface area contributed by atoms with Crippen LogP contribution in [0.1, 0.15) is 39.2 Å². The molecule has 2 atom stereocenters. The minimum absolute atomic E-state index is 0.00383. The van der Waals surface area contributed by atoms with Crippen molar-refractivity contribution in [1.82, 2.24) is 5.32 Å². The Hall–Kier alpha value is -1.73. The largest absolute Gasteiger partial charge is 0.349 e. The fourth-order valence-electron chi connectivity index (χ4n) is 3.10. The molecule has 1 aliphatic carbocycles. The predicted octanol–water partition coefficient (Wildman–Crippen LogP) is 1.41. The smallest absolute Gasteiger partial charge is 0.238 e. The van der Waals surface area contributed by atoms with E-state index in [1.54, 1.807) is 26.0 Å². The van der Waals surface area contributed by atoms with Gasteiger partial charge in [0, 0.05) is 11.8 Å². The van der Waals surface area contributed by atoms with Gasteiger partial charge in [-0.3, -0.25) is 9.59 Å². The molecule has 0 saturated heterocycles. The molecule has 24 heavy (non-hydrogen) atoms. The second-order valence-corrected chi connectivity index (χ2v) is 8.79. The summed E-state index contributed by atoms with van der Waals surface area (Å²) in [6.45, 7) is 7.61. The SMILES string of the molecule is CC(C)C(=O)CNC(=O)[C@H]1[C@H](c2ccc(S(N)(=O)=O)cc2)C1(C)C. The molecule has 132 valence electrons. The number of primary sulfonamides is 1. The molecular formula is C17H24N2O4S. The zero-order valence-corrected chi connectivity index (χ0v) is 15.2. The van der Waals surface area contributed by atoms with Crippen molar-refractivity contribution in [2.45, 2.75) is 38.5 Å². The predicted molar refractivity (Wildman–Crippen MR) is 90.7 cm³/mol. The molecule has 1 amide bonds. The third-order valence-electron chi connectivity index (χ3n) is 4.76. The van der Waals surface area contributed by atoms with Crippen LogP contribution in [0.15, 0.2) is 29.2 Å². The van der Waals surface area contributed by atoms with Gasteiger partial charge in [-0.1, -0.05) is 39.8 Å². The molecule has 2 rings (SSSR count). The molecule has 1 saturated carbocycles. The van der Waals surface area contributed by atoms with Crippen LogP contribution >= 0.6 is 0 Å². The Morgan fingerprint density at radius 1 is 1.21 bits per heavy atom. The van der Waals surface area contributed by atoms with Crippen molar-refractivity contribution in [3.05, 3.63) is 29.8 Å². The molecule has 7 heteroatoms. The topological polar surface area (TPSA) is 106 Å². The van der Waals surface area contributed by atoms with Gasteiger partial charge in [0.05, 0.1) is 17.4 Å². The van der Waals surface area contributed by atoms with E-state index in [1.165, 1.54) is 12.1 Å². The van der Waals surface area contributed by atoms with Gasteiger partial charge in [0.1, 0.15) is 0 Å². The van der Waals surface area contributed by atoms with Crippen molar-refractivity contribution < 1.29 is 18.0 Å². The number of Topliss-reactive ketones (excluding diaryl/α,β-unsaturated/α-hetero) is 1. The van der Waals surface area contributed by atoms with Gasteiger partial charge < -0.3 is 5.32 Å². The molecule has 0 bridgehead atoms. The van der Waals surface area contributed by atoms with Crippen LogP contribution in [-0.2, 0) is 19.6 Å². The highest BCUT2D eigenvalue weighted by molar-refractivity contribution is 7.89. The number of carbonyl (C=O) groups excluding carboxylic acids is 2. The van der Waals surface area contributed by atoms with E-state index in [-0.39, 0.29) is 46.3 Å². The lowest BCUT2D eigenvalue weighted by atomic mass is 10.0. The Morgan fingerprint density at radius 2 is 1.75 bits per heavy atom. The van der Waals surface area contributed by atoms with Gasteiger partial charge in [-0.05, 0) is 23.1 Å². The molecule has 6 nitrogen and oxygen atoms in total. The van der Waals surface area contributed by atoms with Crippen LogP contribution in [-0.4, -0.2) is 26.7 Å². The highest BCUT2D eigenvalue weighted by Gasteiger charge is 2.62. The molecule has 0 radical (unpaired) electrons. The van der Waals surface area contributed by atoms with Gasteiger partial charge in [0.2, 0.25) is 15.9 Å². The van der Waals surface area contributed by atoms with Crippen molar-refractivity contribution in [2.24, 2.45) is 22.4 Å². The van der Waals surface area contributed by atoms with Crippen LogP contribution in [0.3, 0.4) is 0 Å². The maximum absolute atomic E-state index is 12.4. The Kier molecular flexibility index (Phi) is 4.88. The first-order valence-corrected chi connectivity index (χ1v) is 9.44. The fraction of sp³-hybridized carbons (Fsp3) is 0.529. The number of ketones is 1. The fourth-order valence-corrected chi connectivity index (χ4v) is 3.62. The van der Waals surface area contributed by atoms with Gasteiger partial charge in [0.25, 0.3) is 0 Å². The zero-order valence-electron chi connectivity index (χ0n) is 14.4. The second-order valence-electron chi connectivity index (χ2n) is 7.23. The van der Waals surface area contributed by atoms with Crippen molar-refractivity contribution in [3.8, 4) is 0 Å². The molecule has 1 fully saturated rings. The minimum Gasteiger partial charge on any atom is -0.349 e. The zero-order chi connectivity index (χ0) is 18.3. The Balaban J connectivity index is 2.09. The van der Waals surface area contributed by atoms with Crippen LogP contribution in [0, 0.1) is 17.3 Å². The van der Waals surface area contributed by atoms with Crippen LogP contribution in [0.4, 0.5) is 0 Å². The molecule has 0 aromatic heterocycles. The van der Waals surface area contributed by atoms with E-state index in [1.807, 2.05) is 13.8 Å². The van der Waals surface area contributed by atoms with E-state index in [0.29, 0.717) is 0 Å². The maximum Gasteiger partial charge on any atom is 0.238 e. The van der Waals surface area contributed by atoms with Crippen LogP contribution < -0.4 is 10.5 Å². The van der Waals surface area contributed by atoms with E-state index < -0.39 is 10.0 Å². The summed E-state index contributed by atoms with van der Waals surface area (Å²) >= 11 is 0. The molecule has 0 spiro atoms. The standard InChI is InChI=1S/C17H24N2O4S/c1-10(2)13(20)9-19-16(21)15-14(17(15,3)4)11-5-7-12(8-6-11)24(18,22)23/h5-8,10,14-15H,9H2,1-4H3,(H,19,21)(H2,18,22,23)/t14-,15+/m0/s1. The molecule has 1 aromatic carbocycles. The second kappa shape index (κ2) is 6.29. The van der Waals surface area contributed by atoms with Gasteiger partial charge in [-0.2, -0.15) is 0 Å². The van der Waals surface area contributed by atoms with E-state index in [2.05, 4.69) is 5.32 Å². The lowest BCUT2D eigenvalue weighted by Crippen LogP contribution is -2.33. The summed E-state index contributed by atoms with van der Waals surface area (Å²) in [5.74, 6) is -0.511. The van der Waals surface area contributed by atoms with Gasteiger partial charge >= 0.3 is 0 Å². The Labute approximate surface area is 142 Å². The number of hydrogen-bond donors (Lipinski definition) is 2. The monoisotopic (exact) mass is 352 g/mol. The van der Waals surface area contributed by atoms with Crippen molar-refractivity contribution in [1.29, 1.82) is 0 Å². The molecule has 1 aliphatic rings. The van der Waals surface area contributed by atoms with E-state index in [9.17, 15) is 18.0 Å². The minimum atomic E-state index is -3.73. The summed E-state index contributed by atoms with van der Waals surface area (Å²) in [7, 11) is -3.73. The number of nitrogens with one attached hydrogen (secondary N) is 1. The summed E-state index contributed by atoms with van der Waals surface area (Å²) in [5.41, 5.74) is 0.649. The molecular weight excluding hydrogens is 328 g/mol. The summed E-state index contributed by atoms with van der Waals surface area (Å²) < 4.78 is 22.6. The summed E-state index contributed by atoms with van der Waals surface area (Å²) in [6, 6.07) is 6.30. The van der Waals surface area contributed by atoms with E-state index in [4.69, 9.17) is 5.14 Å². The number of rotatable bonds is 6. The molecule has 3 N–H and O–H groups in total. The maximum atomic E-state index is 12.4. The first kappa shape index (κ1) is 18.6. The van der Waals surface area contributed by atoms with Crippen LogP contribution in [0.5, 0.6) is 0 Å². The lowest BCUT2D eigenvalue weighted by Gasteiger charge is -2.07. The number of amides is 1. The number of sulfonamides is 1.